The van der Waals surface area contributed by atoms with Crippen molar-refractivity contribution >= 4 is 11.6 Å². The van der Waals surface area contributed by atoms with E-state index in [1.807, 2.05) is 0 Å². The van der Waals surface area contributed by atoms with Crippen LogP contribution < -0.4 is 0 Å². The predicted molar refractivity (Wildman–Crippen MR) is 54.2 cm³/mol. The maximum atomic E-state index is 12.5. The molecule has 5 heteroatoms. The normalized spacial score (nSPS) is 39.8. The fourth-order valence-corrected chi connectivity index (χ4v) is 3.56. The van der Waals surface area contributed by atoms with Crippen molar-refractivity contribution in [1.29, 1.82) is 0 Å². The zero-order valence-electron chi connectivity index (χ0n) is 10.0. The SMILES string of the molecule is CC1(C)[C@H]2CC[C@]1(C)C(=O)C2C(=O)C(F)(F)F. The molecule has 0 radical (unpaired) electrons. The van der Waals surface area contributed by atoms with E-state index < -0.39 is 40.4 Å². The fourth-order valence-electron chi connectivity index (χ4n) is 3.56. The molecule has 0 aromatic heterocycles. The molecule has 2 aliphatic carbocycles. The van der Waals surface area contributed by atoms with E-state index in [1.54, 1.807) is 20.8 Å². The Morgan fingerprint density at radius 1 is 1.29 bits per heavy atom. The van der Waals surface area contributed by atoms with Gasteiger partial charge in [0, 0.05) is 5.41 Å². The van der Waals surface area contributed by atoms with E-state index in [0.29, 0.717) is 12.8 Å². The molecule has 2 fully saturated rings. The van der Waals surface area contributed by atoms with Crippen LogP contribution >= 0.6 is 0 Å². The molecule has 2 bridgehead atoms. The Hall–Kier alpha value is -0.870. The van der Waals surface area contributed by atoms with Gasteiger partial charge in [0.1, 0.15) is 5.78 Å². The molecule has 0 aromatic carbocycles. The summed E-state index contributed by atoms with van der Waals surface area (Å²) in [6.45, 7) is 5.29. The Bertz CT molecular complexity index is 397. The summed E-state index contributed by atoms with van der Waals surface area (Å²) in [5.41, 5.74) is -1.29. The Kier molecular flexibility index (Phi) is 2.31. The third-order valence-electron chi connectivity index (χ3n) is 5.09. The standard InChI is InChI=1S/C12H15F3O2/c1-10(2)6-4-5-11(10,3)8(16)7(6)9(17)12(13,14)15/h6-7H,4-5H2,1-3H3/t6-,7?,11+/m0/s1. The smallest absolute Gasteiger partial charge is 0.298 e. The molecule has 17 heavy (non-hydrogen) atoms. The Morgan fingerprint density at radius 3 is 2.18 bits per heavy atom. The maximum Gasteiger partial charge on any atom is 0.450 e. The molecule has 0 amide bonds. The molecule has 2 aliphatic rings. The summed E-state index contributed by atoms with van der Waals surface area (Å²) in [5.74, 6) is -4.30. The van der Waals surface area contributed by atoms with E-state index in [0.717, 1.165) is 0 Å². The monoisotopic (exact) mass is 248 g/mol. The summed E-state index contributed by atoms with van der Waals surface area (Å²) in [4.78, 5) is 23.4. The molecular weight excluding hydrogens is 233 g/mol. The van der Waals surface area contributed by atoms with E-state index in [-0.39, 0.29) is 0 Å². The van der Waals surface area contributed by atoms with Gasteiger partial charge in [-0.25, -0.2) is 0 Å². The summed E-state index contributed by atoms with van der Waals surface area (Å²) in [6, 6.07) is 0. The van der Waals surface area contributed by atoms with Crippen molar-refractivity contribution in [3.8, 4) is 0 Å². The van der Waals surface area contributed by atoms with Gasteiger partial charge in [0.05, 0.1) is 5.92 Å². The van der Waals surface area contributed by atoms with Crippen molar-refractivity contribution in [2.75, 3.05) is 0 Å². The minimum Gasteiger partial charge on any atom is -0.298 e. The van der Waals surface area contributed by atoms with E-state index in [4.69, 9.17) is 0 Å². The first-order valence-corrected chi connectivity index (χ1v) is 5.69. The number of ketones is 2. The zero-order valence-corrected chi connectivity index (χ0v) is 10.0. The van der Waals surface area contributed by atoms with Crippen molar-refractivity contribution in [1.82, 2.24) is 0 Å². The van der Waals surface area contributed by atoms with Gasteiger partial charge in [-0.15, -0.1) is 0 Å². The molecule has 1 unspecified atom stereocenters. The quantitative estimate of drug-likeness (QED) is 0.669. The van der Waals surface area contributed by atoms with Crippen LogP contribution in [0.25, 0.3) is 0 Å². The van der Waals surface area contributed by atoms with E-state index in [2.05, 4.69) is 0 Å². The fraction of sp³-hybridized carbons (Fsp3) is 0.833. The van der Waals surface area contributed by atoms with Crippen molar-refractivity contribution in [2.45, 2.75) is 39.8 Å². The lowest BCUT2D eigenvalue weighted by molar-refractivity contribution is -0.178. The van der Waals surface area contributed by atoms with Gasteiger partial charge in [0.25, 0.3) is 0 Å². The topological polar surface area (TPSA) is 34.1 Å². The number of rotatable bonds is 1. The minimum atomic E-state index is -4.91. The van der Waals surface area contributed by atoms with Gasteiger partial charge >= 0.3 is 6.18 Å². The Morgan fingerprint density at radius 2 is 1.82 bits per heavy atom. The number of hydrogen-bond acceptors (Lipinski definition) is 2. The lowest BCUT2D eigenvalue weighted by Gasteiger charge is -2.32. The summed E-state index contributed by atoms with van der Waals surface area (Å²) in [7, 11) is 0. The largest absolute Gasteiger partial charge is 0.450 e. The number of halogens is 3. The Labute approximate surface area is 97.6 Å². The second kappa shape index (κ2) is 3.12. The molecule has 0 spiro atoms. The number of Topliss-reactive ketones (excluding diaryl/α,β-unsaturated/α-hetero) is 2. The second-order valence-electron chi connectivity index (χ2n) is 5.90. The van der Waals surface area contributed by atoms with Gasteiger partial charge in [0.2, 0.25) is 5.78 Å². The Balaban J connectivity index is 2.42. The zero-order chi connectivity index (χ0) is 13.2. The second-order valence-corrected chi connectivity index (χ2v) is 5.90. The summed E-state index contributed by atoms with van der Waals surface area (Å²) >= 11 is 0. The molecule has 3 atom stereocenters. The molecule has 2 nitrogen and oxygen atoms in total. The molecule has 0 N–H and O–H groups in total. The molecule has 0 saturated heterocycles. The first kappa shape index (κ1) is 12.6. The number of hydrogen-bond donors (Lipinski definition) is 0. The van der Waals surface area contributed by atoms with Crippen LogP contribution in [-0.2, 0) is 9.59 Å². The van der Waals surface area contributed by atoms with Crippen molar-refractivity contribution in [3.63, 3.8) is 0 Å². The predicted octanol–water partition coefficient (Wildman–Crippen LogP) is 2.76. The minimum absolute atomic E-state index is 0.464. The van der Waals surface area contributed by atoms with Crippen LogP contribution in [0.1, 0.15) is 33.6 Å². The third-order valence-corrected chi connectivity index (χ3v) is 5.09. The van der Waals surface area contributed by atoms with Crippen molar-refractivity contribution < 1.29 is 22.8 Å². The molecule has 96 valence electrons. The average molecular weight is 248 g/mol. The molecular formula is C12H15F3O2. The molecule has 2 saturated carbocycles. The molecule has 0 aliphatic heterocycles. The van der Waals surface area contributed by atoms with Gasteiger partial charge in [-0.3, -0.25) is 9.59 Å². The van der Waals surface area contributed by atoms with Crippen LogP contribution in [0.5, 0.6) is 0 Å². The summed E-state index contributed by atoms with van der Waals surface area (Å²) in [6.07, 6.45) is -3.79. The molecule has 2 rings (SSSR count). The van der Waals surface area contributed by atoms with E-state index in [9.17, 15) is 22.8 Å². The lowest BCUT2D eigenvalue weighted by Crippen LogP contribution is -2.40. The van der Waals surface area contributed by atoms with Gasteiger partial charge in [0.15, 0.2) is 0 Å². The maximum absolute atomic E-state index is 12.5. The van der Waals surface area contributed by atoms with Gasteiger partial charge in [-0.2, -0.15) is 13.2 Å². The van der Waals surface area contributed by atoms with Crippen LogP contribution in [0.4, 0.5) is 13.2 Å². The highest BCUT2D eigenvalue weighted by Gasteiger charge is 2.70. The number of alkyl halides is 3. The van der Waals surface area contributed by atoms with Crippen LogP contribution in [0.2, 0.25) is 0 Å². The number of carbonyl (C=O) groups excluding carboxylic acids is 2. The molecule has 0 heterocycles. The van der Waals surface area contributed by atoms with Crippen LogP contribution in [0.15, 0.2) is 0 Å². The van der Waals surface area contributed by atoms with Crippen LogP contribution in [0.3, 0.4) is 0 Å². The van der Waals surface area contributed by atoms with E-state index >= 15 is 0 Å². The molecule has 0 aromatic rings. The number of fused-ring (bicyclic) bond motifs is 2. The highest BCUT2D eigenvalue weighted by atomic mass is 19.4. The first-order chi connectivity index (χ1) is 7.53. The highest BCUT2D eigenvalue weighted by molar-refractivity contribution is 6.09. The van der Waals surface area contributed by atoms with Crippen LogP contribution in [0, 0.1) is 22.7 Å². The van der Waals surface area contributed by atoms with Crippen LogP contribution in [-0.4, -0.2) is 17.7 Å². The van der Waals surface area contributed by atoms with E-state index in [1.165, 1.54) is 0 Å². The third kappa shape index (κ3) is 1.34. The average Bonchev–Trinajstić information content (AvgIpc) is 2.47. The van der Waals surface area contributed by atoms with Crippen molar-refractivity contribution in [2.24, 2.45) is 22.7 Å². The first-order valence-electron chi connectivity index (χ1n) is 5.69. The van der Waals surface area contributed by atoms with Gasteiger partial charge < -0.3 is 0 Å². The lowest BCUT2D eigenvalue weighted by atomic mass is 9.70. The van der Waals surface area contributed by atoms with Crippen molar-refractivity contribution in [3.05, 3.63) is 0 Å². The summed E-state index contributed by atoms with van der Waals surface area (Å²) in [5, 5.41) is 0. The van der Waals surface area contributed by atoms with Gasteiger partial charge in [-0.05, 0) is 24.2 Å². The summed E-state index contributed by atoms with van der Waals surface area (Å²) < 4.78 is 37.4. The number of carbonyl (C=O) groups is 2. The van der Waals surface area contributed by atoms with Gasteiger partial charge in [-0.1, -0.05) is 20.8 Å². The highest BCUT2D eigenvalue weighted by Crippen LogP contribution is 2.66.